The number of anilines is 1. The van der Waals surface area contributed by atoms with E-state index in [1.165, 1.54) is 5.56 Å². The van der Waals surface area contributed by atoms with Crippen LogP contribution in [0.15, 0.2) is 0 Å². The van der Waals surface area contributed by atoms with Crippen molar-refractivity contribution in [2.75, 3.05) is 18.0 Å². The van der Waals surface area contributed by atoms with Crippen LogP contribution < -0.4 is 4.90 Å². The first-order valence-corrected chi connectivity index (χ1v) is 6.31. The standard InChI is InChI=1S/C13H19N3O/c1-7-8(2)14-13(15-9(7)3)16-5-10-4-12(17)11(10)6-16/h10-12,17H,4-6H2,1-3H3/t10-,11+,12-/m0/s1. The van der Waals surface area contributed by atoms with Crippen LogP contribution in [-0.2, 0) is 0 Å². The van der Waals surface area contributed by atoms with E-state index in [2.05, 4.69) is 21.8 Å². The molecule has 1 saturated carbocycles. The minimum atomic E-state index is -0.0994. The van der Waals surface area contributed by atoms with Crippen molar-refractivity contribution in [2.24, 2.45) is 11.8 Å². The fourth-order valence-electron chi connectivity index (χ4n) is 2.93. The van der Waals surface area contributed by atoms with Gasteiger partial charge >= 0.3 is 0 Å². The molecular formula is C13H19N3O. The molecular weight excluding hydrogens is 214 g/mol. The summed E-state index contributed by atoms with van der Waals surface area (Å²) < 4.78 is 0. The lowest BCUT2D eigenvalue weighted by Crippen LogP contribution is -2.39. The fraction of sp³-hybridized carbons (Fsp3) is 0.692. The molecule has 2 heterocycles. The van der Waals surface area contributed by atoms with Gasteiger partial charge < -0.3 is 10.0 Å². The molecule has 2 fully saturated rings. The largest absolute Gasteiger partial charge is 0.393 e. The highest BCUT2D eigenvalue weighted by molar-refractivity contribution is 5.38. The van der Waals surface area contributed by atoms with E-state index in [4.69, 9.17) is 0 Å². The van der Waals surface area contributed by atoms with Gasteiger partial charge in [0, 0.05) is 30.4 Å². The van der Waals surface area contributed by atoms with Crippen LogP contribution in [0.2, 0.25) is 0 Å². The molecule has 17 heavy (non-hydrogen) atoms. The number of rotatable bonds is 1. The average molecular weight is 233 g/mol. The Hall–Kier alpha value is -1.16. The third-order valence-electron chi connectivity index (χ3n) is 4.43. The first kappa shape index (κ1) is 11.0. The van der Waals surface area contributed by atoms with Gasteiger partial charge in [-0.1, -0.05) is 0 Å². The molecule has 0 radical (unpaired) electrons. The molecule has 0 spiro atoms. The third-order valence-corrected chi connectivity index (χ3v) is 4.43. The van der Waals surface area contributed by atoms with Crippen LogP contribution >= 0.6 is 0 Å². The summed E-state index contributed by atoms with van der Waals surface area (Å²) in [5.74, 6) is 1.93. The van der Waals surface area contributed by atoms with Crippen molar-refractivity contribution in [3.05, 3.63) is 17.0 Å². The molecule has 0 aromatic carbocycles. The molecule has 1 aliphatic carbocycles. The summed E-state index contributed by atoms with van der Waals surface area (Å²) in [6.45, 7) is 8.05. The van der Waals surface area contributed by atoms with Crippen LogP contribution in [0.25, 0.3) is 0 Å². The number of aliphatic hydroxyl groups is 1. The molecule has 0 unspecified atom stereocenters. The Bertz CT molecular complexity index is 437. The van der Waals surface area contributed by atoms with Gasteiger partial charge in [0.25, 0.3) is 0 Å². The van der Waals surface area contributed by atoms with Gasteiger partial charge in [0.1, 0.15) is 0 Å². The van der Waals surface area contributed by atoms with Crippen molar-refractivity contribution in [3.63, 3.8) is 0 Å². The Morgan fingerprint density at radius 2 is 1.76 bits per heavy atom. The van der Waals surface area contributed by atoms with Crippen molar-refractivity contribution >= 4 is 5.95 Å². The Kier molecular flexibility index (Phi) is 2.36. The second kappa shape index (κ2) is 3.67. The summed E-state index contributed by atoms with van der Waals surface area (Å²) in [6, 6.07) is 0. The van der Waals surface area contributed by atoms with E-state index in [1.807, 2.05) is 13.8 Å². The molecule has 3 atom stereocenters. The highest BCUT2D eigenvalue weighted by Gasteiger charge is 2.46. The lowest BCUT2D eigenvalue weighted by atomic mass is 9.74. The SMILES string of the molecule is Cc1nc(N2C[C@@H]3C[C@H](O)[C@@H]3C2)nc(C)c1C. The van der Waals surface area contributed by atoms with Crippen molar-refractivity contribution < 1.29 is 5.11 Å². The fourth-order valence-corrected chi connectivity index (χ4v) is 2.93. The second-order valence-corrected chi connectivity index (χ2v) is 5.45. The molecule has 1 saturated heterocycles. The molecule has 92 valence electrons. The van der Waals surface area contributed by atoms with Crippen LogP contribution in [0.5, 0.6) is 0 Å². The zero-order valence-electron chi connectivity index (χ0n) is 10.6. The number of fused-ring (bicyclic) bond motifs is 1. The van der Waals surface area contributed by atoms with Crippen LogP contribution in [0.1, 0.15) is 23.4 Å². The molecule has 0 amide bonds. The lowest BCUT2D eigenvalue weighted by molar-refractivity contribution is -0.00398. The third kappa shape index (κ3) is 1.62. The Morgan fingerprint density at radius 3 is 2.29 bits per heavy atom. The summed E-state index contributed by atoms with van der Waals surface area (Å²) in [5, 5.41) is 9.67. The molecule has 3 rings (SSSR count). The molecule has 4 heteroatoms. The zero-order valence-corrected chi connectivity index (χ0v) is 10.6. The van der Waals surface area contributed by atoms with E-state index in [0.717, 1.165) is 36.8 Å². The van der Waals surface area contributed by atoms with Gasteiger partial charge in [-0.15, -0.1) is 0 Å². The summed E-state index contributed by atoms with van der Waals surface area (Å²) >= 11 is 0. The summed E-state index contributed by atoms with van der Waals surface area (Å²) in [4.78, 5) is 11.4. The van der Waals surface area contributed by atoms with E-state index in [0.29, 0.717) is 11.8 Å². The lowest BCUT2D eigenvalue weighted by Gasteiger charge is -2.34. The maximum atomic E-state index is 9.67. The van der Waals surface area contributed by atoms with Crippen LogP contribution in [0.4, 0.5) is 5.95 Å². The number of hydrogen-bond donors (Lipinski definition) is 1. The van der Waals surface area contributed by atoms with Crippen molar-refractivity contribution in [2.45, 2.75) is 33.3 Å². The van der Waals surface area contributed by atoms with Gasteiger partial charge in [0.05, 0.1) is 6.10 Å². The highest BCUT2D eigenvalue weighted by Crippen LogP contribution is 2.41. The number of hydrogen-bond acceptors (Lipinski definition) is 4. The van der Waals surface area contributed by atoms with E-state index in [-0.39, 0.29) is 6.10 Å². The zero-order chi connectivity index (χ0) is 12.2. The van der Waals surface area contributed by atoms with Gasteiger partial charge in [0.15, 0.2) is 0 Å². The van der Waals surface area contributed by atoms with Crippen LogP contribution in [-0.4, -0.2) is 34.3 Å². The predicted octanol–water partition coefficient (Wildman–Crippen LogP) is 1.22. The van der Waals surface area contributed by atoms with Crippen molar-refractivity contribution in [1.82, 2.24) is 9.97 Å². The Morgan fingerprint density at radius 1 is 1.12 bits per heavy atom. The molecule has 1 aliphatic heterocycles. The molecule has 1 aromatic rings. The van der Waals surface area contributed by atoms with Crippen LogP contribution in [0.3, 0.4) is 0 Å². The number of nitrogens with zero attached hydrogens (tertiary/aromatic N) is 3. The number of aromatic nitrogens is 2. The van der Waals surface area contributed by atoms with Gasteiger partial charge in [-0.2, -0.15) is 0 Å². The Balaban J connectivity index is 1.86. The van der Waals surface area contributed by atoms with Gasteiger partial charge in [-0.05, 0) is 38.7 Å². The first-order chi connectivity index (χ1) is 8.06. The van der Waals surface area contributed by atoms with Crippen molar-refractivity contribution in [3.8, 4) is 0 Å². The van der Waals surface area contributed by atoms with Crippen LogP contribution in [0, 0.1) is 32.6 Å². The smallest absolute Gasteiger partial charge is 0.225 e. The minimum absolute atomic E-state index is 0.0994. The normalized spacial score (nSPS) is 31.3. The van der Waals surface area contributed by atoms with Gasteiger partial charge in [-0.25, -0.2) is 9.97 Å². The molecule has 4 nitrogen and oxygen atoms in total. The van der Waals surface area contributed by atoms with E-state index >= 15 is 0 Å². The Labute approximate surface area is 102 Å². The second-order valence-electron chi connectivity index (χ2n) is 5.45. The van der Waals surface area contributed by atoms with E-state index in [1.54, 1.807) is 0 Å². The minimum Gasteiger partial charge on any atom is -0.393 e. The number of aryl methyl sites for hydroxylation is 2. The summed E-state index contributed by atoms with van der Waals surface area (Å²) in [5.41, 5.74) is 3.30. The topological polar surface area (TPSA) is 49.2 Å². The van der Waals surface area contributed by atoms with Gasteiger partial charge in [-0.3, -0.25) is 0 Å². The molecule has 2 aliphatic rings. The molecule has 1 aromatic heterocycles. The quantitative estimate of drug-likeness (QED) is 0.792. The first-order valence-electron chi connectivity index (χ1n) is 6.31. The maximum absolute atomic E-state index is 9.67. The van der Waals surface area contributed by atoms with Gasteiger partial charge in [0.2, 0.25) is 5.95 Å². The van der Waals surface area contributed by atoms with Crippen molar-refractivity contribution in [1.29, 1.82) is 0 Å². The summed E-state index contributed by atoms with van der Waals surface area (Å²) in [6.07, 6.45) is 0.850. The molecule has 0 bridgehead atoms. The monoisotopic (exact) mass is 233 g/mol. The predicted molar refractivity (Wildman–Crippen MR) is 66.1 cm³/mol. The van der Waals surface area contributed by atoms with E-state index in [9.17, 15) is 5.11 Å². The summed E-state index contributed by atoms with van der Waals surface area (Å²) in [7, 11) is 0. The molecule has 1 N–H and O–H groups in total. The highest BCUT2D eigenvalue weighted by atomic mass is 16.3. The average Bonchev–Trinajstić information content (AvgIpc) is 2.62. The number of aliphatic hydroxyl groups excluding tert-OH is 1. The van der Waals surface area contributed by atoms with E-state index < -0.39 is 0 Å². The maximum Gasteiger partial charge on any atom is 0.225 e.